The van der Waals surface area contributed by atoms with Gasteiger partial charge in [-0.1, -0.05) is 17.7 Å². The quantitative estimate of drug-likeness (QED) is 0.756. The number of anilines is 1. The fraction of sp³-hybridized carbons (Fsp3) is 0.333. The summed E-state index contributed by atoms with van der Waals surface area (Å²) in [4.78, 5) is 21.4. The summed E-state index contributed by atoms with van der Waals surface area (Å²) in [7, 11) is 0. The van der Waals surface area contributed by atoms with Crippen molar-refractivity contribution in [2.24, 2.45) is 0 Å². The van der Waals surface area contributed by atoms with Crippen molar-refractivity contribution in [3.63, 3.8) is 0 Å². The molecule has 1 N–H and O–H groups in total. The van der Waals surface area contributed by atoms with Gasteiger partial charge in [-0.05, 0) is 24.6 Å². The highest BCUT2D eigenvalue weighted by Crippen LogP contribution is 2.24. The SMILES string of the molecule is Cc1ccc(Cl)cc1N1CC[NH+](Cc2cc(=O)n3ccsc3n2)CC1. The number of quaternary nitrogens is 1. The van der Waals surface area contributed by atoms with E-state index in [-0.39, 0.29) is 5.56 Å². The molecule has 1 aliphatic rings. The maximum Gasteiger partial charge on any atom is 0.258 e. The zero-order valence-corrected chi connectivity index (χ0v) is 15.6. The summed E-state index contributed by atoms with van der Waals surface area (Å²) in [6, 6.07) is 7.73. The highest BCUT2D eigenvalue weighted by molar-refractivity contribution is 7.15. The van der Waals surface area contributed by atoms with Crippen LogP contribution in [0.15, 0.2) is 40.6 Å². The molecule has 5 nitrogen and oxygen atoms in total. The summed E-state index contributed by atoms with van der Waals surface area (Å²) in [5.41, 5.74) is 3.37. The van der Waals surface area contributed by atoms with E-state index >= 15 is 0 Å². The molecule has 130 valence electrons. The van der Waals surface area contributed by atoms with Crippen LogP contribution in [0, 0.1) is 6.92 Å². The minimum atomic E-state index is 0.00818. The number of benzene rings is 1. The van der Waals surface area contributed by atoms with E-state index in [1.807, 2.05) is 11.4 Å². The first-order valence-corrected chi connectivity index (χ1v) is 9.66. The maximum absolute atomic E-state index is 12.1. The number of halogens is 1. The summed E-state index contributed by atoms with van der Waals surface area (Å²) in [6.45, 7) is 6.94. The Hall–Kier alpha value is -1.89. The van der Waals surface area contributed by atoms with E-state index in [2.05, 4.69) is 28.9 Å². The zero-order valence-electron chi connectivity index (χ0n) is 14.0. The van der Waals surface area contributed by atoms with Gasteiger partial charge in [-0.15, -0.1) is 11.3 Å². The molecule has 3 heterocycles. The van der Waals surface area contributed by atoms with Gasteiger partial charge in [0.15, 0.2) is 4.96 Å². The Morgan fingerprint density at radius 1 is 1.28 bits per heavy atom. The zero-order chi connectivity index (χ0) is 17.4. The van der Waals surface area contributed by atoms with E-state index in [1.165, 1.54) is 27.5 Å². The topological polar surface area (TPSA) is 42.0 Å². The molecule has 1 aliphatic heterocycles. The molecule has 1 fully saturated rings. The van der Waals surface area contributed by atoms with E-state index in [9.17, 15) is 4.79 Å². The van der Waals surface area contributed by atoms with Crippen molar-refractivity contribution >= 4 is 33.6 Å². The number of thiazole rings is 1. The summed E-state index contributed by atoms with van der Waals surface area (Å²) in [6.07, 6.45) is 1.78. The van der Waals surface area contributed by atoms with Gasteiger partial charge in [0.1, 0.15) is 12.2 Å². The Bertz CT molecular complexity index is 959. The molecule has 0 radical (unpaired) electrons. The van der Waals surface area contributed by atoms with Crippen LogP contribution in [0.3, 0.4) is 0 Å². The average Bonchev–Trinajstić information content (AvgIpc) is 3.07. The molecule has 0 amide bonds. The van der Waals surface area contributed by atoms with Gasteiger partial charge >= 0.3 is 0 Å². The Morgan fingerprint density at radius 2 is 2.08 bits per heavy atom. The predicted octanol–water partition coefficient (Wildman–Crippen LogP) is 1.62. The van der Waals surface area contributed by atoms with Crippen LogP contribution in [-0.2, 0) is 6.54 Å². The molecule has 1 saturated heterocycles. The predicted molar refractivity (Wildman–Crippen MR) is 102 cm³/mol. The molecular weight excluding hydrogens is 356 g/mol. The van der Waals surface area contributed by atoms with Gasteiger partial charge in [0, 0.05) is 28.4 Å². The first kappa shape index (κ1) is 16.6. The first-order valence-electron chi connectivity index (χ1n) is 8.40. The van der Waals surface area contributed by atoms with Crippen LogP contribution in [0.25, 0.3) is 4.96 Å². The van der Waals surface area contributed by atoms with Crippen molar-refractivity contribution in [2.45, 2.75) is 13.5 Å². The Kier molecular flexibility index (Phi) is 4.50. The normalized spacial score (nSPS) is 15.8. The van der Waals surface area contributed by atoms with E-state index in [0.29, 0.717) is 0 Å². The number of hydrogen-bond acceptors (Lipinski definition) is 4. The molecule has 0 spiro atoms. The number of aryl methyl sites for hydroxylation is 1. The highest BCUT2D eigenvalue weighted by atomic mass is 35.5. The largest absolute Gasteiger partial charge is 0.360 e. The van der Waals surface area contributed by atoms with E-state index < -0.39 is 0 Å². The van der Waals surface area contributed by atoms with Crippen LogP contribution < -0.4 is 15.4 Å². The lowest BCUT2D eigenvalue weighted by Gasteiger charge is -2.34. The highest BCUT2D eigenvalue weighted by Gasteiger charge is 2.22. The lowest BCUT2D eigenvalue weighted by molar-refractivity contribution is -0.914. The van der Waals surface area contributed by atoms with Gasteiger partial charge in [-0.3, -0.25) is 9.20 Å². The molecule has 0 aliphatic carbocycles. The van der Waals surface area contributed by atoms with E-state index in [1.54, 1.807) is 16.7 Å². The van der Waals surface area contributed by atoms with Crippen LogP contribution >= 0.6 is 22.9 Å². The monoisotopic (exact) mass is 375 g/mol. The summed E-state index contributed by atoms with van der Waals surface area (Å²) in [5.74, 6) is 0. The third-order valence-corrected chi connectivity index (χ3v) is 5.76. The molecule has 0 saturated carbocycles. The van der Waals surface area contributed by atoms with Crippen LogP contribution in [0.1, 0.15) is 11.3 Å². The maximum atomic E-state index is 12.1. The second kappa shape index (κ2) is 6.78. The third-order valence-electron chi connectivity index (χ3n) is 4.77. The molecule has 7 heteroatoms. The molecule has 0 unspecified atom stereocenters. The van der Waals surface area contributed by atoms with Gasteiger partial charge in [-0.25, -0.2) is 4.98 Å². The lowest BCUT2D eigenvalue weighted by Crippen LogP contribution is -3.13. The van der Waals surface area contributed by atoms with Crippen LogP contribution in [0.2, 0.25) is 5.02 Å². The first-order chi connectivity index (χ1) is 12.1. The Balaban J connectivity index is 1.44. The minimum absolute atomic E-state index is 0.00818. The van der Waals surface area contributed by atoms with Crippen molar-refractivity contribution in [3.8, 4) is 0 Å². The molecule has 4 rings (SSSR count). The standard InChI is InChI=1S/C18H19ClN4OS/c1-13-2-3-14(19)10-16(13)22-6-4-21(5-7-22)12-15-11-17(24)23-8-9-25-18(23)20-15/h2-3,8-11H,4-7,12H2,1H3/p+1. The van der Waals surface area contributed by atoms with Crippen molar-refractivity contribution in [2.75, 3.05) is 31.1 Å². The van der Waals surface area contributed by atoms with Gasteiger partial charge in [0.2, 0.25) is 0 Å². The van der Waals surface area contributed by atoms with E-state index in [0.717, 1.165) is 48.4 Å². The summed E-state index contributed by atoms with van der Waals surface area (Å²) in [5, 5.41) is 2.68. The number of hydrogen-bond donors (Lipinski definition) is 1. The van der Waals surface area contributed by atoms with Gasteiger partial charge in [-0.2, -0.15) is 0 Å². The lowest BCUT2D eigenvalue weighted by atomic mass is 10.1. The molecule has 1 aromatic carbocycles. The van der Waals surface area contributed by atoms with Crippen molar-refractivity contribution in [3.05, 3.63) is 62.5 Å². The number of nitrogens with one attached hydrogen (secondary N) is 1. The molecule has 3 aromatic rings. The fourth-order valence-corrected chi connectivity index (χ4v) is 4.30. The fourth-order valence-electron chi connectivity index (χ4n) is 3.40. The second-order valence-electron chi connectivity index (χ2n) is 6.49. The molecule has 0 atom stereocenters. The van der Waals surface area contributed by atoms with Crippen molar-refractivity contribution in [1.29, 1.82) is 0 Å². The van der Waals surface area contributed by atoms with Gasteiger partial charge in [0.05, 0.1) is 26.2 Å². The molecular formula is C18H20ClN4OS+. The van der Waals surface area contributed by atoms with Gasteiger partial charge < -0.3 is 9.80 Å². The Morgan fingerprint density at radius 3 is 2.88 bits per heavy atom. The number of aromatic nitrogens is 2. The van der Waals surface area contributed by atoms with Crippen LogP contribution in [-0.4, -0.2) is 35.6 Å². The van der Waals surface area contributed by atoms with Crippen molar-refractivity contribution in [1.82, 2.24) is 9.38 Å². The van der Waals surface area contributed by atoms with E-state index in [4.69, 9.17) is 11.6 Å². The number of piperazine rings is 1. The smallest absolute Gasteiger partial charge is 0.258 e. The average molecular weight is 376 g/mol. The molecule has 25 heavy (non-hydrogen) atoms. The second-order valence-corrected chi connectivity index (χ2v) is 7.80. The number of nitrogens with zero attached hydrogens (tertiary/aromatic N) is 3. The Labute approximate surface area is 155 Å². The summed E-state index contributed by atoms with van der Waals surface area (Å²) >= 11 is 7.65. The van der Waals surface area contributed by atoms with Crippen LogP contribution in [0.4, 0.5) is 5.69 Å². The van der Waals surface area contributed by atoms with Crippen molar-refractivity contribution < 1.29 is 4.90 Å². The van der Waals surface area contributed by atoms with Crippen LogP contribution in [0.5, 0.6) is 0 Å². The minimum Gasteiger partial charge on any atom is -0.360 e. The third kappa shape index (κ3) is 3.42. The number of rotatable bonds is 3. The number of fused-ring (bicyclic) bond motifs is 1. The summed E-state index contributed by atoms with van der Waals surface area (Å²) < 4.78 is 1.60. The molecule has 0 bridgehead atoms. The molecule has 2 aromatic heterocycles. The van der Waals surface area contributed by atoms with Gasteiger partial charge in [0.25, 0.3) is 5.56 Å².